The van der Waals surface area contributed by atoms with Crippen molar-refractivity contribution in [1.29, 1.82) is 0 Å². The number of benzene rings is 3. The van der Waals surface area contributed by atoms with Gasteiger partial charge in [0.15, 0.2) is 5.60 Å². The van der Waals surface area contributed by atoms with Gasteiger partial charge in [-0.25, -0.2) is 9.59 Å². The number of rotatable bonds is 4. The first kappa shape index (κ1) is 21.3. The molecule has 0 saturated carbocycles. The lowest BCUT2D eigenvalue weighted by Crippen LogP contribution is -2.33. The van der Waals surface area contributed by atoms with Crippen molar-refractivity contribution >= 4 is 17.9 Å². The molecule has 0 fully saturated rings. The molecular weight excluding hydrogens is 444 g/mol. The fourth-order valence-electron chi connectivity index (χ4n) is 4.60. The summed E-state index contributed by atoms with van der Waals surface area (Å²) in [5.41, 5.74) is -0.561. The second-order valence-electron chi connectivity index (χ2n) is 8.34. The maximum Gasteiger partial charge on any atom is 0.340 e. The third kappa shape index (κ3) is 2.97. The molecule has 0 bridgehead atoms. The van der Waals surface area contributed by atoms with Gasteiger partial charge in [-0.1, -0.05) is 6.92 Å². The van der Waals surface area contributed by atoms with Gasteiger partial charge in [0.2, 0.25) is 0 Å². The fraction of sp³-hybridized carbons (Fsp3) is 0.160. The summed E-state index contributed by atoms with van der Waals surface area (Å²) in [6.07, 6.45) is -0.0919. The van der Waals surface area contributed by atoms with Gasteiger partial charge in [0.1, 0.15) is 23.0 Å². The maximum atomic E-state index is 13.3. The van der Waals surface area contributed by atoms with Crippen LogP contribution in [0.4, 0.5) is 0 Å². The van der Waals surface area contributed by atoms with Crippen LogP contribution in [0.15, 0.2) is 48.5 Å². The van der Waals surface area contributed by atoms with Crippen LogP contribution in [0.25, 0.3) is 0 Å². The molecule has 4 N–H and O–H groups in total. The highest BCUT2D eigenvalue weighted by molar-refractivity contribution is 6.01. The van der Waals surface area contributed by atoms with E-state index in [4.69, 9.17) is 9.47 Å². The smallest absolute Gasteiger partial charge is 0.340 e. The minimum Gasteiger partial charge on any atom is -0.508 e. The number of phenolic OH excluding ortho intramolecular Hbond substituents is 2. The summed E-state index contributed by atoms with van der Waals surface area (Å²) in [5.74, 6) is -3.91. The van der Waals surface area contributed by atoms with E-state index in [2.05, 4.69) is 0 Å². The van der Waals surface area contributed by atoms with Crippen LogP contribution in [0, 0.1) is 5.92 Å². The molecule has 3 aromatic rings. The number of hydrogen-bond donors (Lipinski definition) is 4. The van der Waals surface area contributed by atoms with Crippen molar-refractivity contribution in [2.75, 3.05) is 0 Å². The Hall–Kier alpha value is -4.53. The molecule has 2 aliphatic heterocycles. The molecule has 34 heavy (non-hydrogen) atoms. The van der Waals surface area contributed by atoms with Gasteiger partial charge in [-0.2, -0.15) is 0 Å². The first-order valence-corrected chi connectivity index (χ1v) is 10.3. The zero-order chi connectivity index (χ0) is 24.4. The summed E-state index contributed by atoms with van der Waals surface area (Å²) < 4.78 is 11.9. The highest BCUT2D eigenvalue weighted by Gasteiger charge is 2.54. The van der Waals surface area contributed by atoms with Crippen LogP contribution in [0.5, 0.6) is 23.0 Å². The number of fused-ring (bicyclic) bond motifs is 6. The summed E-state index contributed by atoms with van der Waals surface area (Å²) >= 11 is 0. The lowest BCUT2D eigenvalue weighted by atomic mass is 9.76. The number of hydrogen-bond acceptors (Lipinski definition) is 7. The van der Waals surface area contributed by atoms with E-state index >= 15 is 0 Å². The van der Waals surface area contributed by atoms with Crippen LogP contribution < -0.4 is 4.74 Å². The number of ether oxygens (including phenoxy) is 2. The lowest BCUT2D eigenvalue weighted by molar-refractivity contribution is -0.141. The van der Waals surface area contributed by atoms with E-state index in [9.17, 15) is 34.8 Å². The largest absolute Gasteiger partial charge is 0.508 e. The van der Waals surface area contributed by atoms with Crippen molar-refractivity contribution < 1.29 is 44.3 Å². The number of esters is 1. The molecule has 0 aromatic heterocycles. The van der Waals surface area contributed by atoms with Gasteiger partial charge in [0.25, 0.3) is 0 Å². The predicted octanol–water partition coefficient (Wildman–Crippen LogP) is 3.63. The molecule has 9 heteroatoms. The number of carbonyl (C=O) groups is 3. The highest BCUT2D eigenvalue weighted by atomic mass is 16.6. The Labute approximate surface area is 192 Å². The zero-order valence-electron chi connectivity index (χ0n) is 17.7. The van der Waals surface area contributed by atoms with E-state index in [1.165, 1.54) is 55.5 Å². The first-order chi connectivity index (χ1) is 16.1. The number of carboxylic acid groups (broad SMARTS) is 2. The molecule has 9 nitrogen and oxygen atoms in total. The van der Waals surface area contributed by atoms with E-state index in [0.29, 0.717) is 11.1 Å². The molecule has 1 atom stereocenters. The van der Waals surface area contributed by atoms with Gasteiger partial charge >= 0.3 is 17.9 Å². The molecular formula is C25H18O9. The normalized spacial score (nSPS) is 15.5. The molecule has 0 amide bonds. The van der Waals surface area contributed by atoms with Crippen molar-refractivity contribution in [2.45, 2.75) is 18.9 Å². The van der Waals surface area contributed by atoms with Gasteiger partial charge in [0, 0.05) is 28.8 Å². The Kier molecular flexibility index (Phi) is 4.54. The standard InChI is InChI=1S/C25H18O9/c1-11(22(28)29)6-12-7-13(23(30)31)8-18-21(12)24(32)34-25(18)16-4-2-14(26)9-19(16)33-20-10-15(27)3-5-17(20)25/h2-5,7-11,26-27H,6H2,1H3,(H,28,29)(H,30,31). The Morgan fingerprint density at radius 2 is 1.50 bits per heavy atom. The zero-order valence-corrected chi connectivity index (χ0v) is 17.7. The third-order valence-corrected chi connectivity index (χ3v) is 6.15. The highest BCUT2D eigenvalue weighted by Crippen LogP contribution is 2.57. The second-order valence-corrected chi connectivity index (χ2v) is 8.34. The molecule has 2 aliphatic rings. The SMILES string of the molecule is CC(Cc1cc(C(=O)O)cc2c1C(=O)OC21c2ccc(O)cc2Oc2cc(O)ccc21)C(=O)O. The molecule has 2 heterocycles. The molecule has 1 unspecified atom stereocenters. The van der Waals surface area contributed by atoms with Gasteiger partial charge in [-0.15, -0.1) is 0 Å². The average molecular weight is 462 g/mol. The minimum absolute atomic E-state index is 0.0815. The molecule has 0 saturated heterocycles. The van der Waals surface area contributed by atoms with Crippen LogP contribution in [0.3, 0.4) is 0 Å². The Morgan fingerprint density at radius 3 is 2.03 bits per heavy atom. The van der Waals surface area contributed by atoms with Gasteiger partial charge in [-0.3, -0.25) is 4.79 Å². The Balaban J connectivity index is 1.86. The predicted molar refractivity (Wildman–Crippen MR) is 115 cm³/mol. The number of aliphatic carboxylic acids is 1. The van der Waals surface area contributed by atoms with Crippen molar-refractivity contribution in [2.24, 2.45) is 5.92 Å². The monoisotopic (exact) mass is 462 g/mol. The van der Waals surface area contributed by atoms with Crippen LogP contribution in [0.1, 0.15) is 49.9 Å². The Bertz CT molecular complexity index is 1350. The minimum atomic E-state index is -1.64. The molecule has 5 rings (SSSR count). The van der Waals surface area contributed by atoms with Gasteiger partial charge in [0.05, 0.1) is 17.0 Å². The van der Waals surface area contributed by atoms with Crippen LogP contribution in [-0.4, -0.2) is 38.3 Å². The summed E-state index contributed by atoms with van der Waals surface area (Å²) in [4.78, 5) is 36.8. The lowest BCUT2D eigenvalue weighted by Gasteiger charge is -2.36. The Morgan fingerprint density at radius 1 is 0.912 bits per heavy atom. The fourth-order valence-corrected chi connectivity index (χ4v) is 4.60. The van der Waals surface area contributed by atoms with Crippen molar-refractivity contribution in [1.82, 2.24) is 0 Å². The van der Waals surface area contributed by atoms with Gasteiger partial charge < -0.3 is 29.9 Å². The first-order valence-electron chi connectivity index (χ1n) is 10.3. The maximum absolute atomic E-state index is 13.3. The van der Waals surface area contributed by atoms with E-state index < -0.39 is 29.4 Å². The summed E-state index contributed by atoms with van der Waals surface area (Å²) in [7, 11) is 0. The summed E-state index contributed by atoms with van der Waals surface area (Å²) in [5, 5.41) is 39.2. The summed E-state index contributed by atoms with van der Waals surface area (Å²) in [6.45, 7) is 1.46. The van der Waals surface area contributed by atoms with Crippen molar-refractivity contribution in [3.8, 4) is 23.0 Å². The molecule has 1 spiro atoms. The van der Waals surface area contributed by atoms with E-state index in [1.54, 1.807) is 0 Å². The second kappa shape index (κ2) is 7.24. The molecule has 0 radical (unpaired) electrons. The molecule has 172 valence electrons. The van der Waals surface area contributed by atoms with Crippen molar-refractivity contribution in [3.05, 3.63) is 81.9 Å². The van der Waals surface area contributed by atoms with Gasteiger partial charge in [-0.05, 0) is 48.4 Å². The molecule has 0 aliphatic carbocycles. The van der Waals surface area contributed by atoms with E-state index in [1.807, 2.05) is 0 Å². The quantitative estimate of drug-likeness (QED) is 0.426. The number of aromatic carboxylic acids is 1. The van der Waals surface area contributed by atoms with Crippen LogP contribution >= 0.6 is 0 Å². The van der Waals surface area contributed by atoms with E-state index in [0.717, 1.165) is 0 Å². The molecule has 3 aromatic carbocycles. The number of aromatic hydroxyl groups is 2. The van der Waals surface area contributed by atoms with Crippen LogP contribution in [0.2, 0.25) is 0 Å². The van der Waals surface area contributed by atoms with Crippen molar-refractivity contribution in [3.63, 3.8) is 0 Å². The number of phenols is 2. The number of carboxylic acids is 2. The topological polar surface area (TPSA) is 151 Å². The van der Waals surface area contributed by atoms with Crippen LogP contribution in [-0.2, 0) is 21.6 Å². The number of carbonyl (C=O) groups excluding carboxylic acids is 1. The summed E-state index contributed by atoms with van der Waals surface area (Å²) in [6, 6.07) is 11.1. The van der Waals surface area contributed by atoms with E-state index in [-0.39, 0.29) is 51.7 Å². The average Bonchev–Trinajstić information content (AvgIpc) is 3.06. The third-order valence-electron chi connectivity index (χ3n) is 6.15.